The van der Waals surface area contributed by atoms with E-state index >= 15 is 0 Å². The van der Waals surface area contributed by atoms with Crippen LogP contribution in [0.4, 0.5) is 14.7 Å². The highest BCUT2D eigenvalue weighted by atomic mass is 19.1. The summed E-state index contributed by atoms with van der Waals surface area (Å²) < 4.78 is 28.1. The standard InChI is InChI=1S/C14H14F2N4O/c15-10-3-2-9(11(16)6-10)7-18-13(21)12-8-20-5-1-4-17-14(20)19-12/h2-3,6,8H,1,4-5,7H2,(H,17,19)(H,18,21). The Balaban J connectivity index is 1.67. The Morgan fingerprint density at radius 1 is 1.43 bits per heavy atom. The number of aromatic nitrogens is 2. The molecule has 2 heterocycles. The van der Waals surface area contributed by atoms with Crippen molar-refractivity contribution in [3.8, 4) is 0 Å². The Morgan fingerprint density at radius 3 is 3.05 bits per heavy atom. The van der Waals surface area contributed by atoms with Gasteiger partial charge >= 0.3 is 0 Å². The van der Waals surface area contributed by atoms with E-state index in [9.17, 15) is 13.6 Å². The molecule has 7 heteroatoms. The van der Waals surface area contributed by atoms with Crippen LogP contribution in [0.1, 0.15) is 22.5 Å². The number of fused-ring (bicyclic) bond motifs is 1. The van der Waals surface area contributed by atoms with Crippen molar-refractivity contribution in [1.29, 1.82) is 0 Å². The van der Waals surface area contributed by atoms with E-state index in [1.165, 1.54) is 6.07 Å². The van der Waals surface area contributed by atoms with Gasteiger partial charge in [-0.05, 0) is 12.5 Å². The molecule has 2 N–H and O–H groups in total. The van der Waals surface area contributed by atoms with Crippen LogP contribution in [-0.4, -0.2) is 22.0 Å². The number of hydrogen-bond acceptors (Lipinski definition) is 3. The van der Waals surface area contributed by atoms with Crippen molar-refractivity contribution in [2.45, 2.75) is 19.5 Å². The molecule has 21 heavy (non-hydrogen) atoms. The first-order chi connectivity index (χ1) is 10.1. The molecule has 0 saturated heterocycles. The van der Waals surface area contributed by atoms with Gasteiger partial charge in [0, 0.05) is 37.5 Å². The second-order valence-electron chi connectivity index (χ2n) is 4.84. The Labute approximate surface area is 120 Å². The van der Waals surface area contributed by atoms with Crippen LogP contribution < -0.4 is 10.6 Å². The summed E-state index contributed by atoms with van der Waals surface area (Å²) >= 11 is 0. The minimum atomic E-state index is -0.680. The number of rotatable bonds is 3. The smallest absolute Gasteiger partial charge is 0.271 e. The summed E-state index contributed by atoms with van der Waals surface area (Å²) in [6.07, 6.45) is 2.64. The zero-order valence-electron chi connectivity index (χ0n) is 11.2. The van der Waals surface area contributed by atoms with Gasteiger partial charge in [-0.15, -0.1) is 0 Å². The highest BCUT2D eigenvalue weighted by Crippen LogP contribution is 2.14. The second-order valence-corrected chi connectivity index (χ2v) is 4.84. The van der Waals surface area contributed by atoms with Gasteiger partial charge in [-0.25, -0.2) is 13.8 Å². The number of anilines is 1. The molecule has 0 radical (unpaired) electrons. The fourth-order valence-corrected chi connectivity index (χ4v) is 2.22. The number of halogens is 2. The van der Waals surface area contributed by atoms with E-state index in [4.69, 9.17) is 0 Å². The molecule has 1 aromatic heterocycles. The lowest BCUT2D eigenvalue weighted by Gasteiger charge is -2.14. The third-order valence-electron chi connectivity index (χ3n) is 3.32. The summed E-state index contributed by atoms with van der Waals surface area (Å²) in [5, 5.41) is 5.68. The van der Waals surface area contributed by atoms with Gasteiger partial charge in [0.15, 0.2) is 0 Å². The van der Waals surface area contributed by atoms with Crippen LogP contribution in [0.3, 0.4) is 0 Å². The van der Waals surface area contributed by atoms with Crippen molar-refractivity contribution in [2.24, 2.45) is 0 Å². The molecular weight excluding hydrogens is 278 g/mol. The van der Waals surface area contributed by atoms with Gasteiger partial charge in [-0.2, -0.15) is 0 Å². The fraction of sp³-hybridized carbons (Fsp3) is 0.286. The molecule has 0 aliphatic carbocycles. The molecule has 110 valence electrons. The van der Waals surface area contributed by atoms with Crippen molar-refractivity contribution < 1.29 is 13.6 Å². The van der Waals surface area contributed by atoms with E-state index in [0.717, 1.165) is 31.6 Å². The highest BCUT2D eigenvalue weighted by Gasteiger charge is 2.16. The summed E-state index contributed by atoms with van der Waals surface area (Å²) in [7, 11) is 0. The maximum atomic E-state index is 13.5. The van der Waals surface area contributed by atoms with E-state index < -0.39 is 11.6 Å². The monoisotopic (exact) mass is 292 g/mol. The molecule has 0 unspecified atom stereocenters. The minimum Gasteiger partial charge on any atom is -0.356 e. The van der Waals surface area contributed by atoms with Crippen molar-refractivity contribution in [3.05, 3.63) is 47.3 Å². The van der Waals surface area contributed by atoms with Gasteiger partial charge in [0.2, 0.25) is 5.95 Å². The summed E-state index contributed by atoms with van der Waals surface area (Å²) in [6.45, 7) is 1.63. The van der Waals surface area contributed by atoms with Crippen molar-refractivity contribution in [1.82, 2.24) is 14.9 Å². The lowest BCUT2D eigenvalue weighted by molar-refractivity contribution is 0.0946. The molecule has 0 atom stereocenters. The number of amides is 1. The molecule has 1 aromatic carbocycles. The van der Waals surface area contributed by atoms with Gasteiger partial charge in [-0.1, -0.05) is 6.07 Å². The molecule has 3 rings (SSSR count). The van der Waals surface area contributed by atoms with E-state index in [1.54, 1.807) is 6.20 Å². The van der Waals surface area contributed by atoms with E-state index in [1.807, 2.05) is 4.57 Å². The molecule has 0 bridgehead atoms. The average Bonchev–Trinajstić information content (AvgIpc) is 2.90. The van der Waals surface area contributed by atoms with E-state index in [0.29, 0.717) is 5.95 Å². The number of carbonyl (C=O) groups is 1. The zero-order chi connectivity index (χ0) is 14.8. The Kier molecular flexibility index (Phi) is 3.55. The Hall–Kier alpha value is -2.44. The lowest BCUT2D eigenvalue weighted by atomic mass is 10.2. The van der Waals surface area contributed by atoms with Gasteiger partial charge in [0.25, 0.3) is 5.91 Å². The molecule has 0 fully saturated rings. The fourth-order valence-electron chi connectivity index (χ4n) is 2.22. The van der Waals surface area contributed by atoms with Gasteiger partial charge in [0.1, 0.15) is 17.3 Å². The zero-order valence-corrected chi connectivity index (χ0v) is 11.2. The molecule has 0 spiro atoms. The minimum absolute atomic E-state index is 0.0133. The van der Waals surface area contributed by atoms with Crippen LogP contribution in [0, 0.1) is 11.6 Å². The van der Waals surface area contributed by atoms with Crippen LogP contribution in [-0.2, 0) is 13.1 Å². The number of benzene rings is 1. The average molecular weight is 292 g/mol. The summed E-state index contributed by atoms with van der Waals surface area (Å²) in [5.41, 5.74) is 0.508. The summed E-state index contributed by atoms with van der Waals surface area (Å²) in [5.74, 6) is -1.04. The number of hydrogen-bond donors (Lipinski definition) is 2. The first-order valence-corrected chi connectivity index (χ1v) is 6.66. The number of nitrogens with one attached hydrogen (secondary N) is 2. The Bertz CT molecular complexity index is 660. The molecule has 1 aliphatic rings. The van der Waals surface area contributed by atoms with E-state index in [-0.39, 0.29) is 23.7 Å². The summed E-state index contributed by atoms with van der Waals surface area (Å²) in [6, 6.07) is 3.26. The second kappa shape index (κ2) is 5.51. The van der Waals surface area contributed by atoms with Gasteiger partial charge < -0.3 is 15.2 Å². The molecule has 1 aliphatic heterocycles. The van der Waals surface area contributed by atoms with Crippen LogP contribution >= 0.6 is 0 Å². The first kappa shape index (κ1) is 13.5. The normalized spacial score (nSPS) is 13.4. The van der Waals surface area contributed by atoms with Crippen molar-refractivity contribution in [3.63, 3.8) is 0 Å². The summed E-state index contributed by atoms with van der Waals surface area (Å²) in [4.78, 5) is 16.2. The van der Waals surface area contributed by atoms with Crippen molar-refractivity contribution >= 4 is 11.9 Å². The predicted octanol–water partition coefficient (Wildman–Crippen LogP) is 1.91. The van der Waals surface area contributed by atoms with Crippen molar-refractivity contribution in [2.75, 3.05) is 11.9 Å². The topological polar surface area (TPSA) is 59.0 Å². The van der Waals surface area contributed by atoms with Crippen LogP contribution in [0.15, 0.2) is 24.4 Å². The number of imidazole rings is 1. The number of aryl methyl sites for hydroxylation is 1. The maximum absolute atomic E-state index is 13.5. The van der Waals surface area contributed by atoms with Gasteiger partial charge in [0.05, 0.1) is 0 Å². The lowest BCUT2D eigenvalue weighted by Crippen LogP contribution is -2.23. The van der Waals surface area contributed by atoms with Crippen LogP contribution in [0.25, 0.3) is 0 Å². The molecule has 2 aromatic rings. The van der Waals surface area contributed by atoms with Crippen LogP contribution in [0.5, 0.6) is 0 Å². The largest absolute Gasteiger partial charge is 0.356 e. The SMILES string of the molecule is O=C(NCc1ccc(F)cc1F)c1cn2c(n1)NCCC2. The first-order valence-electron chi connectivity index (χ1n) is 6.66. The molecule has 5 nitrogen and oxygen atoms in total. The van der Waals surface area contributed by atoms with Crippen LogP contribution in [0.2, 0.25) is 0 Å². The number of nitrogens with zero attached hydrogens (tertiary/aromatic N) is 2. The highest BCUT2D eigenvalue weighted by molar-refractivity contribution is 5.92. The predicted molar refractivity (Wildman–Crippen MR) is 72.9 cm³/mol. The third kappa shape index (κ3) is 2.86. The maximum Gasteiger partial charge on any atom is 0.271 e. The van der Waals surface area contributed by atoms with E-state index in [2.05, 4.69) is 15.6 Å². The molecule has 0 saturated carbocycles. The van der Waals surface area contributed by atoms with Gasteiger partial charge in [-0.3, -0.25) is 4.79 Å². The molecular formula is C14H14F2N4O. The Morgan fingerprint density at radius 2 is 2.29 bits per heavy atom. The molecule has 1 amide bonds. The number of carbonyl (C=O) groups excluding carboxylic acids is 1. The third-order valence-corrected chi connectivity index (χ3v) is 3.32. The quantitative estimate of drug-likeness (QED) is 0.908.